The van der Waals surface area contributed by atoms with Gasteiger partial charge in [0, 0.05) is 5.69 Å². The number of rotatable bonds is 4. The van der Waals surface area contributed by atoms with Crippen LogP contribution in [0.4, 0.5) is 0 Å². The van der Waals surface area contributed by atoms with E-state index in [1.165, 1.54) is 0 Å². The highest BCUT2D eigenvalue weighted by atomic mass is 79.9. The van der Waals surface area contributed by atoms with Gasteiger partial charge >= 0.3 is 6.01 Å². The zero-order valence-electron chi connectivity index (χ0n) is 10.9. The summed E-state index contributed by atoms with van der Waals surface area (Å²) in [4.78, 5) is 8.56. The van der Waals surface area contributed by atoms with E-state index in [4.69, 9.17) is 27.4 Å². The van der Waals surface area contributed by atoms with Crippen LogP contribution in [0.1, 0.15) is 11.4 Å². The van der Waals surface area contributed by atoms with Gasteiger partial charge in [-0.3, -0.25) is 0 Å². The van der Waals surface area contributed by atoms with Crippen molar-refractivity contribution < 1.29 is 9.47 Å². The summed E-state index contributed by atoms with van der Waals surface area (Å²) in [6.45, 7) is 1.82. The summed E-state index contributed by atoms with van der Waals surface area (Å²) in [5.74, 6) is 1.29. The number of aromatic nitrogens is 2. The molecule has 0 unspecified atom stereocenters. The predicted molar refractivity (Wildman–Crippen MR) is 83.4 cm³/mol. The minimum Gasteiger partial charge on any atom is -0.497 e. The molecule has 0 aliphatic heterocycles. The number of hydrogen-bond acceptors (Lipinski definition) is 5. The highest BCUT2D eigenvalue weighted by molar-refractivity contribution is 9.10. The first kappa shape index (κ1) is 14.7. The van der Waals surface area contributed by atoms with Gasteiger partial charge in [0.2, 0.25) is 0 Å². The Bertz CT molecular complexity index is 664. The van der Waals surface area contributed by atoms with Crippen LogP contribution in [0.25, 0.3) is 0 Å². The zero-order chi connectivity index (χ0) is 14.7. The van der Waals surface area contributed by atoms with Crippen LogP contribution in [0.2, 0.25) is 0 Å². The van der Waals surface area contributed by atoms with Crippen molar-refractivity contribution in [2.75, 3.05) is 7.11 Å². The molecule has 0 bridgehead atoms. The first-order chi connectivity index (χ1) is 9.49. The first-order valence-corrected chi connectivity index (χ1v) is 6.86. The SMILES string of the molecule is COc1ccc(Oc2nc(C)cc(C(N)=S)n2)c(Br)c1. The molecule has 2 rings (SSSR count). The molecule has 2 N–H and O–H groups in total. The van der Waals surface area contributed by atoms with Crippen LogP contribution in [0, 0.1) is 6.92 Å². The maximum absolute atomic E-state index is 5.64. The molecule has 0 amide bonds. The lowest BCUT2D eigenvalue weighted by molar-refractivity contribution is 0.409. The molecule has 0 saturated carbocycles. The molecule has 1 aromatic carbocycles. The monoisotopic (exact) mass is 353 g/mol. The Hall–Kier alpha value is -1.73. The van der Waals surface area contributed by atoms with Crippen LogP contribution in [-0.2, 0) is 0 Å². The molecule has 7 heteroatoms. The van der Waals surface area contributed by atoms with E-state index in [1.54, 1.807) is 31.4 Å². The lowest BCUT2D eigenvalue weighted by atomic mass is 10.3. The highest BCUT2D eigenvalue weighted by Crippen LogP contribution is 2.31. The number of nitrogens with zero attached hydrogens (tertiary/aromatic N) is 2. The number of methoxy groups -OCH3 is 1. The van der Waals surface area contributed by atoms with Gasteiger partial charge in [-0.25, -0.2) is 4.98 Å². The Balaban J connectivity index is 2.32. The van der Waals surface area contributed by atoms with E-state index in [0.717, 1.165) is 15.9 Å². The van der Waals surface area contributed by atoms with Crippen molar-refractivity contribution >= 4 is 33.1 Å². The average Bonchev–Trinajstić information content (AvgIpc) is 2.40. The third-order valence-corrected chi connectivity index (χ3v) is 3.26. The van der Waals surface area contributed by atoms with Crippen LogP contribution in [0.3, 0.4) is 0 Å². The molecule has 0 fully saturated rings. The smallest absolute Gasteiger partial charge is 0.322 e. The van der Waals surface area contributed by atoms with Crippen LogP contribution in [-0.4, -0.2) is 22.1 Å². The van der Waals surface area contributed by atoms with Gasteiger partial charge in [-0.05, 0) is 47.1 Å². The molecule has 0 saturated heterocycles. The topological polar surface area (TPSA) is 70.3 Å². The van der Waals surface area contributed by atoms with E-state index in [1.807, 2.05) is 6.92 Å². The van der Waals surface area contributed by atoms with E-state index in [9.17, 15) is 0 Å². The standard InChI is InChI=1S/C13H12BrN3O2S/c1-7-5-10(12(15)20)17-13(16-7)19-11-4-3-8(18-2)6-9(11)14/h3-6H,1-2H3,(H2,15,20). The molecular weight excluding hydrogens is 342 g/mol. The molecule has 20 heavy (non-hydrogen) atoms. The Kier molecular flexibility index (Phi) is 4.51. The Labute approximate surface area is 130 Å². The molecule has 0 radical (unpaired) electrons. The number of halogens is 1. The number of ether oxygens (including phenoxy) is 2. The predicted octanol–water partition coefficient (Wildman–Crippen LogP) is 2.98. The summed E-state index contributed by atoms with van der Waals surface area (Å²) in [5.41, 5.74) is 6.78. The van der Waals surface area contributed by atoms with Crippen LogP contribution >= 0.6 is 28.1 Å². The summed E-state index contributed by atoms with van der Waals surface area (Å²) in [6, 6.07) is 7.23. The average molecular weight is 354 g/mol. The number of nitrogens with two attached hydrogens (primary N) is 1. The minimum atomic E-state index is 0.193. The maximum Gasteiger partial charge on any atom is 0.322 e. The molecular formula is C13H12BrN3O2S. The van der Waals surface area contributed by atoms with E-state index < -0.39 is 0 Å². The second kappa shape index (κ2) is 6.15. The van der Waals surface area contributed by atoms with E-state index >= 15 is 0 Å². The van der Waals surface area contributed by atoms with Gasteiger partial charge in [0.05, 0.1) is 11.6 Å². The molecule has 5 nitrogen and oxygen atoms in total. The van der Waals surface area contributed by atoms with Gasteiger partial charge < -0.3 is 15.2 Å². The third-order valence-electron chi connectivity index (χ3n) is 2.43. The van der Waals surface area contributed by atoms with E-state index in [0.29, 0.717) is 11.4 Å². The summed E-state index contributed by atoms with van der Waals surface area (Å²) >= 11 is 8.31. The minimum absolute atomic E-state index is 0.193. The second-order valence-electron chi connectivity index (χ2n) is 3.94. The fourth-order valence-corrected chi connectivity index (χ4v) is 2.05. The van der Waals surface area contributed by atoms with Crippen LogP contribution in [0.15, 0.2) is 28.7 Å². The van der Waals surface area contributed by atoms with Crippen molar-refractivity contribution in [2.24, 2.45) is 5.73 Å². The molecule has 2 aromatic rings. The number of thiocarbonyl (C=S) groups is 1. The van der Waals surface area contributed by atoms with Crippen molar-refractivity contribution in [2.45, 2.75) is 6.92 Å². The number of aryl methyl sites for hydroxylation is 1. The van der Waals surface area contributed by atoms with Gasteiger partial charge in [-0.1, -0.05) is 12.2 Å². The van der Waals surface area contributed by atoms with Gasteiger partial charge in [0.15, 0.2) is 0 Å². The molecule has 0 atom stereocenters. The molecule has 1 heterocycles. The van der Waals surface area contributed by atoms with Crippen molar-refractivity contribution in [3.63, 3.8) is 0 Å². The van der Waals surface area contributed by atoms with Gasteiger partial charge in [-0.15, -0.1) is 0 Å². The Morgan fingerprint density at radius 3 is 2.65 bits per heavy atom. The quantitative estimate of drug-likeness (QED) is 0.852. The number of hydrogen-bond donors (Lipinski definition) is 1. The maximum atomic E-state index is 5.64. The lowest BCUT2D eigenvalue weighted by Crippen LogP contribution is -2.13. The van der Waals surface area contributed by atoms with Gasteiger partial charge in [-0.2, -0.15) is 4.98 Å². The molecule has 104 valence electrons. The van der Waals surface area contributed by atoms with Gasteiger partial charge in [0.1, 0.15) is 22.2 Å². The summed E-state index contributed by atoms with van der Waals surface area (Å²) in [7, 11) is 1.60. The van der Waals surface area contributed by atoms with Crippen LogP contribution in [0.5, 0.6) is 17.5 Å². The molecule has 0 aliphatic rings. The fourth-order valence-electron chi connectivity index (χ4n) is 1.50. The normalized spacial score (nSPS) is 10.2. The Morgan fingerprint density at radius 1 is 1.30 bits per heavy atom. The summed E-state index contributed by atoms with van der Waals surface area (Å²) in [6.07, 6.45) is 0. The second-order valence-corrected chi connectivity index (χ2v) is 5.23. The summed E-state index contributed by atoms with van der Waals surface area (Å²) in [5, 5.41) is 0. The fraction of sp³-hybridized carbons (Fsp3) is 0.154. The van der Waals surface area contributed by atoms with Crippen molar-refractivity contribution in [1.82, 2.24) is 9.97 Å². The highest BCUT2D eigenvalue weighted by Gasteiger charge is 2.09. The van der Waals surface area contributed by atoms with Crippen molar-refractivity contribution in [3.8, 4) is 17.5 Å². The van der Waals surface area contributed by atoms with Crippen molar-refractivity contribution in [1.29, 1.82) is 0 Å². The van der Waals surface area contributed by atoms with E-state index in [2.05, 4.69) is 25.9 Å². The summed E-state index contributed by atoms with van der Waals surface area (Å²) < 4.78 is 11.5. The molecule has 0 aliphatic carbocycles. The zero-order valence-corrected chi connectivity index (χ0v) is 13.3. The van der Waals surface area contributed by atoms with Crippen molar-refractivity contribution in [3.05, 3.63) is 40.1 Å². The molecule has 0 spiro atoms. The van der Waals surface area contributed by atoms with E-state index in [-0.39, 0.29) is 11.0 Å². The lowest BCUT2D eigenvalue weighted by Gasteiger charge is -2.09. The van der Waals surface area contributed by atoms with Crippen LogP contribution < -0.4 is 15.2 Å². The largest absolute Gasteiger partial charge is 0.497 e. The third kappa shape index (κ3) is 3.43. The molecule has 1 aromatic heterocycles. The number of benzene rings is 1. The first-order valence-electron chi connectivity index (χ1n) is 5.66. The Morgan fingerprint density at radius 2 is 2.05 bits per heavy atom. The van der Waals surface area contributed by atoms with Gasteiger partial charge in [0.25, 0.3) is 0 Å².